The van der Waals surface area contributed by atoms with Crippen LogP contribution >= 0.6 is 0 Å². The number of hydrogen-bond donors (Lipinski definition) is 2. The Morgan fingerprint density at radius 3 is 2.64 bits per heavy atom. The standard InChI is InChI=1S/C11H15FN4O6/c1-21-11(18)7-8(16(19)20)9(10(13)17)15(14-7)4-6-22-5-2-3-12/h2-6H2,1H3,(H2-,13,17,19,20)/p+1. The van der Waals surface area contributed by atoms with E-state index >= 15 is 0 Å². The van der Waals surface area contributed by atoms with Gasteiger partial charge in [-0.1, -0.05) is 0 Å². The Morgan fingerprint density at radius 2 is 2.14 bits per heavy atom. The van der Waals surface area contributed by atoms with Crippen molar-refractivity contribution in [3.63, 3.8) is 0 Å². The number of halogens is 1. The minimum absolute atomic E-state index is 0.0340. The second kappa shape index (κ2) is 8.02. The van der Waals surface area contributed by atoms with E-state index in [0.29, 0.717) is 0 Å². The summed E-state index contributed by atoms with van der Waals surface area (Å²) in [7, 11) is 1.04. The number of ether oxygens (including phenoxy) is 2. The number of esters is 1. The van der Waals surface area contributed by atoms with Crippen molar-refractivity contribution in [1.82, 2.24) is 9.78 Å². The van der Waals surface area contributed by atoms with E-state index in [9.17, 15) is 18.9 Å². The first kappa shape index (κ1) is 17.5. The summed E-state index contributed by atoms with van der Waals surface area (Å²) in [6, 6.07) is 0. The topological polar surface area (TPSA) is 137 Å². The monoisotopic (exact) mass is 319 g/mol. The molecule has 0 aromatic carbocycles. The van der Waals surface area contributed by atoms with Crippen LogP contribution in [0.3, 0.4) is 0 Å². The number of rotatable bonds is 9. The van der Waals surface area contributed by atoms with Gasteiger partial charge in [0.1, 0.15) is 0 Å². The summed E-state index contributed by atoms with van der Waals surface area (Å²) < 4.78 is 22.4. The molecule has 122 valence electrons. The molecule has 1 heterocycles. The van der Waals surface area contributed by atoms with Crippen molar-refractivity contribution in [2.45, 2.75) is 13.0 Å². The molecule has 1 aromatic heterocycles. The minimum atomic E-state index is -1.07. The fourth-order valence-electron chi connectivity index (χ4n) is 1.68. The average Bonchev–Trinajstić information content (AvgIpc) is 2.86. The number of carbonyl (C=O) groups excluding carboxylic acids is 2. The Balaban J connectivity index is 3.07. The van der Waals surface area contributed by atoms with Crippen LogP contribution in [0.4, 0.5) is 10.1 Å². The fraction of sp³-hybridized carbons (Fsp3) is 0.545. The highest BCUT2D eigenvalue weighted by molar-refractivity contribution is 6.01. The van der Waals surface area contributed by atoms with Crippen molar-refractivity contribution in [2.75, 3.05) is 27.0 Å². The Labute approximate surface area is 124 Å². The van der Waals surface area contributed by atoms with Crippen LogP contribution in [0.5, 0.6) is 0 Å². The molecule has 0 fully saturated rings. The quantitative estimate of drug-likeness (QED) is 0.369. The number of aromatic nitrogens is 2. The molecule has 10 nitrogen and oxygen atoms in total. The maximum absolute atomic E-state index is 11.9. The zero-order chi connectivity index (χ0) is 16.7. The predicted octanol–water partition coefficient (Wildman–Crippen LogP) is -0.0556. The summed E-state index contributed by atoms with van der Waals surface area (Å²) >= 11 is 0. The van der Waals surface area contributed by atoms with Gasteiger partial charge in [-0.15, -0.1) is 0 Å². The molecule has 0 aliphatic heterocycles. The summed E-state index contributed by atoms with van der Waals surface area (Å²) in [6.07, 6.45) is 0.214. The number of amides is 1. The van der Waals surface area contributed by atoms with Crippen LogP contribution in [0.15, 0.2) is 0 Å². The van der Waals surface area contributed by atoms with Crippen molar-refractivity contribution in [3.8, 4) is 0 Å². The molecule has 22 heavy (non-hydrogen) atoms. The first-order valence-electron chi connectivity index (χ1n) is 6.22. The van der Waals surface area contributed by atoms with Crippen molar-refractivity contribution in [1.29, 1.82) is 0 Å². The van der Waals surface area contributed by atoms with Crippen molar-refractivity contribution < 1.29 is 33.6 Å². The third kappa shape index (κ3) is 3.97. The van der Waals surface area contributed by atoms with Crippen LogP contribution < -0.4 is 5.73 Å². The smallest absolute Gasteiger partial charge is 0.381 e. The van der Waals surface area contributed by atoms with E-state index in [2.05, 4.69) is 9.84 Å². The zero-order valence-electron chi connectivity index (χ0n) is 11.8. The molecule has 0 spiro atoms. The molecule has 0 unspecified atom stereocenters. The van der Waals surface area contributed by atoms with E-state index in [-0.39, 0.29) is 26.2 Å². The normalized spacial score (nSPS) is 10.5. The molecule has 3 N–H and O–H groups in total. The third-order valence-electron chi connectivity index (χ3n) is 2.60. The number of nitrogens with zero attached hydrogens (tertiary/aromatic N) is 3. The van der Waals surface area contributed by atoms with Gasteiger partial charge in [-0.25, -0.2) is 10.0 Å². The van der Waals surface area contributed by atoms with E-state index < -0.39 is 40.5 Å². The molecule has 0 aliphatic rings. The Kier molecular flexibility index (Phi) is 6.38. The minimum Gasteiger partial charge on any atom is -0.464 e. The molecule has 0 radical (unpaired) electrons. The van der Waals surface area contributed by atoms with E-state index in [1.807, 2.05) is 0 Å². The molecule has 1 amide bonds. The average molecular weight is 319 g/mol. The van der Waals surface area contributed by atoms with Crippen LogP contribution in [0, 0.1) is 4.91 Å². The number of primary amides is 1. The molecule has 1 aromatic rings. The van der Waals surface area contributed by atoms with Crippen LogP contribution in [0.25, 0.3) is 0 Å². The highest BCUT2D eigenvalue weighted by atomic mass is 19.1. The molecule has 0 saturated carbocycles. The van der Waals surface area contributed by atoms with E-state index in [1.54, 1.807) is 0 Å². The maximum atomic E-state index is 11.9. The summed E-state index contributed by atoms with van der Waals surface area (Å²) in [5.74, 6) is -2.10. The Bertz CT molecular complexity index is 573. The second-order valence-electron chi connectivity index (χ2n) is 4.05. The van der Waals surface area contributed by atoms with Crippen LogP contribution in [0.1, 0.15) is 27.4 Å². The summed E-state index contributed by atoms with van der Waals surface area (Å²) in [6.45, 7) is -0.372. The number of alkyl halides is 1. The van der Waals surface area contributed by atoms with Crippen molar-refractivity contribution in [2.24, 2.45) is 5.73 Å². The predicted molar refractivity (Wildman–Crippen MR) is 68.6 cm³/mol. The third-order valence-corrected chi connectivity index (χ3v) is 2.60. The van der Waals surface area contributed by atoms with Crippen molar-refractivity contribution in [3.05, 3.63) is 16.3 Å². The van der Waals surface area contributed by atoms with Crippen LogP contribution in [-0.4, -0.2) is 58.8 Å². The molecular formula is C11H16FN4O6+. The van der Waals surface area contributed by atoms with Crippen molar-refractivity contribution >= 4 is 17.6 Å². The molecule has 11 heteroatoms. The van der Waals surface area contributed by atoms with Gasteiger partial charge in [0.05, 0.1) is 31.8 Å². The van der Waals surface area contributed by atoms with Crippen LogP contribution in [0.2, 0.25) is 0 Å². The molecule has 0 atom stereocenters. The molecular weight excluding hydrogens is 303 g/mol. The highest BCUT2D eigenvalue weighted by Crippen LogP contribution is 2.23. The van der Waals surface area contributed by atoms with Gasteiger partial charge >= 0.3 is 11.7 Å². The van der Waals surface area contributed by atoms with Gasteiger partial charge in [0.2, 0.25) is 5.69 Å². The number of nitrogens with two attached hydrogens (primary N) is 1. The fourth-order valence-corrected chi connectivity index (χ4v) is 1.68. The number of methoxy groups -OCH3 is 1. The van der Waals surface area contributed by atoms with Gasteiger partial charge in [0, 0.05) is 6.61 Å². The molecule has 1 rings (SSSR count). The lowest BCUT2D eigenvalue weighted by molar-refractivity contribution is -0.730. The van der Waals surface area contributed by atoms with E-state index in [4.69, 9.17) is 15.7 Å². The van der Waals surface area contributed by atoms with Gasteiger partial charge in [0.25, 0.3) is 16.5 Å². The largest absolute Gasteiger partial charge is 0.464 e. The number of hydrogen-bond acceptors (Lipinski definition) is 6. The SMILES string of the molecule is COC(=O)c1nn(CCOCCCF)c(C(N)=O)c1[N+](=O)O. The van der Waals surface area contributed by atoms with E-state index in [1.165, 1.54) is 0 Å². The summed E-state index contributed by atoms with van der Waals surface area (Å²) in [5.41, 5.74) is 3.41. The summed E-state index contributed by atoms with van der Waals surface area (Å²) in [5, 5.41) is 12.8. The Morgan fingerprint density at radius 1 is 1.45 bits per heavy atom. The lowest BCUT2D eigenvalue weighted by atomic mass is 10.2. The maximum Gasteiger partial charge on any atom is 0.381 e. The van der Waals surface area contributed by atoms with Gasteiger partial charge in [-0.2, -0.15) is 5.10 Å². The summed E-state index contributed by atoms with van der Waals surface area (Å²) in [4.78, 5) is 33.5. The molecule has 0 bridgehead atoms. The lowest BCUT2D eigenvalue weighted by Gasteiger charge is -2.04. The first-order chi connectivity index (χ1) is 10.4. The van der Waals surface area contributed by atoms with Gasteiger partial charge in [0.15, 0.2) is 0 Å². The van der Waals surface area contributed by atoms with Crippen LogP contribution in [-0.2, 0) is 16.0 Å². The van der Waals surface area contributed by atoms with Gasteiger partial charge in [-0.05, 0) is 6.42 Å². The molecule has 0 saturated heterocycles. The van der Waals surface area contributed by atoms with E-state index in [0.717, 1.165) is 11.8 Å². The highest BCUT2D eigenvalue weighted by Gasteiger charge is 2.38. The molecule has 0 aliphatic carbocycles. The first-order valence-corrected chi connectivity index (χ1v) is 6.22. The zero-order valence-corrected chi connectivity index (χ0v) is 11.8. The number of carbonyl (C=O) groups is 2. The van der Waals surface area contributed by atoms with Gasteiger partial charge < -0.3 is 15.2 Å². The second-order valence-corrected chi connectivity index (χ2v) is 4.05. The Hall–Kier alpha value is -2.56. The van der Waals surface area contributed by atoms with Gasteiger partial charge in [-0.3, -0.25) is 13.9 Å². The lowest BCUT2D eigenvalue weighted by Crippen LogP contribution is -2.21.